The van der Waals surface area contributed by atoms with Crippen molar-refractivity contribution >= 4 is 58.3 Å². The van der Waals surface area contributed by atoms with Crippen LogP contribution < -0.4 is 4.31 Å². The Hall–Kier alpha value is -1.90. The number of sulfonamides is 1. The van der Waals surface area contributed by atoms with Gasteiger partial charge in [-0.2, -0.15) is 0 Å². The number of rotatable bonds is 6. The molecule has 3 aromatic rings. The smallest absolute Gasteiger partial charge is 0.335 e. The third-order valence-corrected chi connectivity index (χ3v) is 12.2. The minimum absolute atomic E-state index is 0.0123. The standard InChI is InChI=1S/C26H26BrNO4S2/c27-23-21-3-1-2-4-22(21)33-24(23)28(34(31,32)20-7-5-19(6-8-20)25(29)30)15-26-12-16-9-17(13-26)11-18(10-16)14-26/h1-8,16-18H,9-15H2,(H,29,30). The number of thiophene rings is 1. The summed E-state index contributed by atoms with van der Waals surface area (Å²) in [6, 6.07) is 13.6. The van der Waals surface area contributed by atoms with E-state index in [1.165, 1.54) is 54.9 Å². The summed E-state index contributed by atoms with van der Waals surface area (Å²) in [6.45, 7) is 0.477. The van der Waals surface area contributed by atoms with Crippen LogP contribution in [0.1, 0.15) is 48.9 Å². The fourth-order valence-electron chi connectivity index (χ4n) is 7.11. The summed E-state index contributed by atoms with van der Waals surface area (Å²) in [6.07, 6.45) is 7.21. The molecule has 7 rings (SSSR count). The molecule has 0 amide bonds. The summed E-state index contributed by atoms with van der Waals surface area (Å²) < 4.78 is 31.7. The highest BCUT2D eigenvalue weighted by Gasteiger charge is 2.52. The van der Waals surface area contributed by atoms with E-state index < -0.39 is 16.0 Å². The van der Waals surface area contributed by atoms with Crippen molar-refractivity contribution < 1.29 is 18.3 Å². The van der Waals surface area contributed by atoms with Crippen molar-refractivity contribution in [2.24, 2.45) is 23.2 Å². The maximum absolute atomic E-state index is 14.1. The largest absolute Gasteiger partial charge is 0.478 e. The predicted molar refractivity (Wildman–Crippen MR) is 138 cm³/mol. The Labute approximate surface area is 212 Å². The minimum atomic E-state index is -3.89. The molecule has 0 radical (unpaired) electrons. The summed E-state index contributed by atoms with van der Waals surface area (Å²) in [5.74, 6) is 1.09. The summed E-state index contributed by atoms with van der Waals surface area (Å²) in [5.41, 5.74) is 0.0907. The number of carboxylic acid groups (broad SMARTS) is 1. The highest BCUT2D eigenvalue weighted by molar-refractivity contribution is 9.10. The maximum atomic E-state index is 14.1. The molecule has 1 aromatic heterocycles. The van der Waals surface area contributed by atoms with Crippen LogP contribution in [0.5, 0.6) is 0 Å². The van der Waals surface area contributed by atoms with Gasteiger partial charge in [0.25, 0.3) is 10.0 Å². The first kappa shape index (κ1) is 22.6. The molecule has 4 aliphatic carbocycles. The number of carbonyl (C=O) groups is 1. The number of aromatic carboxylic acids is 1. The molecule has 8 heteroatoms. The van der Waals surface area contributed by atoms with Gasteiger partial charge in [0.05, 0.1) is 14.9 Å². The average Bonchev–Trinajstić information content (AvgIpc) is 3.13. The van der Waals surface area contributed by atoms with Crippen molar-refractivity contribution in [2.45, 2.75) is 43.4 Å². The minimum Gasteiger partial charge on any atom is -0.478 e. The summed E-state index contributed by atoms with van der Waals surface area (Å²) >= 11 is 5.22. The van der Waals surface area contributed by atoms with E-state index in [1.54, 1.807) is 4.31 Å². The number of hydrogen-bond donors (Lipinski definition) is 1. The van der Waals surface area contributed by atoms with Crippen LogP contribution in [0.15, 0.2) is 57.9 Å². The molecule has 4 aliphatic rings. The first-order chi connectivity index (χ1) is 16.2. The number of nitrogens with zero attached hydrogens (tertiary/aromatic N) is 1. The molecule has 1 N–H and O–H groups in total. The second kappa shape index (κ2) is 8.07. The molecule has 0 unspecified atom stereocenters. The lowest BCUT2D eigenvalue weighted by Crippen LogP contribution is -2.52. The average molecular weight is 561 g/mol. The molecule has 34 heavy (non-hydrogen) atoms. The lowest BCUT2D eigenvalue weighted by Gasteiger charge is -2.57. The number of benzene rings is 2. The van der Waals surface area contributed by atoms with Gasteiger partial charge in [-0.3, -0.25) is 4.31 Å². The first-order valence-corrected chi connectivity index (χ1v) is 14.8. The normalized spacial score (nSPS) is 27.9. The van der Waals surface area contributed by atoms with Crippen LogP contribution in [-0.4, -0.2) is 26.0 Å². The lowest BCUT2D eigenvalue weighted by atomic mass is 9.49. The van der Waals surface area contributed by atoms with Crippen LogP contribution in [0, 0.1) is 23.2 Å². The van der Waals surface area contributed by atoms with Gasteiger partial charge in [-0.05, 0) is 108 Å². The second-order valence-electron chi connectivity index (χ2n) is 10.5. The molecule has 5 nitrogen and oxygen atoms in total. The van der Waals surface area contributed by atoms with Crippen molar-refractivity contribution in [1.29, 1.82) is 0 Å². The molecular formula is C26H26BrNO4S2. The Morgan fingerprint density at radius 3 is 2.15 bits per heavy atom. The van der Waals surface area contributed by atoms with E-state index >= 15 is 0 Å². The first-order valence-electron chi connectivity index (χ1n) is 11.8. The number of carboxylic acids is 1. The molecule has 2 aromatic carbocycles. The summed E-state index contributed by atoms with van der Waals surface area (Å²) in [4.78, 5) is 11.4. The van der Waals surface area contributed by atoms with Crippen LogP contribution >= 0.6 is 27.3 Å². The Kier molecular flexibility index (Phi) is 5.35. The molecule has 0 spiro atoms. The zero-order valence-corrected chi connectivity index (χ0v) is 21.8. The molecule has 0 aliphatic heterocycles. The van der Waals surface area contributed by atoms with E-state index in [0.29, 0.717) is 11.5 Å². The van der Waals surface area contributed by atoms with Crippen molar-refractivity contribution in [3.63, 3.8) is 0 Å². The van der Waals surface area contributed by atoms with Gasteiger partial charge in [-0.1, -0.05) is 18.2 Å². The number of hydrogen-bond acceptors (Lipinski definition) is 4. The fraction of sp³-hybridized carbons (Fsp3) is 0.423. The van der Waals surface area contributed by atoms with Gasteiger partial charge in [-0.15, -0.1) is 11.3 Å². The third-order valence-electron chi connectivity index (χ3n) is 8.08. The Balaban J connectivity index is 1.46. The Bertz CT molecular complexity index is 1340. The molecule has 0 atom stereocenters. The van der Waals surface area contributed by atoms with Gasteiger partial charge >= 0.3 is 5.97 Å². The molecule has 4 bridgehead atoms. The molecule has 1 heterocycles. The zero-order valence-electron chi connectivity index (χ0n) is 18.6. The fourth-order valence-corrected chi connectivity index (χ4v) is 11.1. The van der Waals surface area contributed by atoms with Crippen LogP contribution in [0.4, 0.5) is 5.00 Å². The van der Waals surface area contributed by atoms with Crippen molar-refractivity contribution in [1.82, 2.24) is 0 Å². The van der Waals surface area contributed by atoms with Crippen LogP contribution in [0.3, 0.4) is 0 Å². The van der Waals surface area contributed by atoms with Crippen molar-refractivity contribution in [3.05, 3.63) is 58.6 Å². The van der Waals surface area contributed by atoms with Gasteiger partial charge in [0.2, 0.25) is 0 Å². The SMILES string of the molecule is O=C(O)c1ccc(S(=O)(=O)N(CC23CC4CC(CC(C4)C2)C3)c2sc3ccccc3c2Br)cc1. The topological polar surface area (TPSA) is 74.7 Å². The summed E-state index contributed by atoms with van der Waals surface area (Å²) in [7, 11) is -3.89. The van der Waals surface area contributed by atoms with Gasteiger partial charge in [-0.25, -0.2) is 13.2 Å². The maximum Gasteiger partial charge on any atom is 0.335 e. The number of anilines is 1. The van der Waals surface area contributed by atoms with E-state index in [1.807, 2.05) is 24.3 Å². The highest BCUT2D eigenvalue weighted by Crippen LogP contribution is 2.61. The molecule has 178 valence electrons. The van der Waals surface area contributed by atoms with Gasteiger partial charge < -0.3 is 5.11 Å². The van der Waals surface area contributed by atoms with Crippen LogP contribution in [0.25, 0.3) is 10.1 Å². The highest BCUT2D eigenvalue weighted by atomic mass is 79.9. The van der Waals surface area contributed by atoms with Crippen LogP contribution in [0.2, 0.25) is 0 Å². The Morgan fingerprint density at radius 1 is 1.00 bits per heavy atom. The van der Waals surface area contributed by atoms with E-state index in [2.05, 4.69) is 15.9 Å². The van der Waals surface area contributed by atoms with E-state index in [-0.39, 0.29) is 15.9 Å². The lowest BCUT2D eigenvalue weighted by molar-refractivity contribution is -0.0460. The number of fused-ring (bicyclic) bond motifs is 1. The number of halogens is 1. The zero-order chi connectivity index (χ0) is 23.7. The second-order valence-corrected chi connectivity index (χ2v) is 14.2. The monoisotopic (exact) mass is 559 g/mol. The Morgan fingerprint density at radius 2 is 1.59 bits per heavy atom. The molecular weight excluding hydrogens is 534 g/mol. The van der Waals surface area contributed by atoms with E-state index in [4.69, 9.17) is 0 Å². The molecule has 4 fully saturated rings. The van der Waals surface area contributed by atoms with Crippen LogP contribution in [-0.2, 0) is 10.0 Å². The summed E-state index contributed by atoms with van der Waals surface area (Å²) in [5, 5.41) is 11.0. The van der Waals surface area contributed by atoms with Crippen molar-refractivity contribution in [2.75, 3.05) is 10.8 Å². The molecule has 4 saturated carbocycles. The van der Waals surface area contributed by atoms with Gasteiger partial charge in [0, 0.05) is 16.6 Å². The quantitative estimate of drug-likeness (QED) is 0.361. The van der Waals surface area contributed by atoms with Gasteiger partial charge in [0.1, 0.15) is 5.00 Å². The molecule has 0 saturated heterocycles. The van der Waals surface area contributed by atoms with E-state index in [0.717, 1.165) is 51.6 Å². The van der Waals surface area contributed by atoms with E-state index in [9.17, 15) is 18.3 Å². The predicted octanol–water partition coefficient (Wildman–Crippen LogP) is 6.77. The van der Waals surface area contributed by atoms with Gasteiger partial charge in [0.15, 0.2) is 0 Å². The van der Waals surface area contributed by atoms with Crippen molar-refractivity contribution in [3.8, 4) is 0 Å². The third kappa shape index (κ3) is 3.69.